The zero-order valence-electron chi connectivity index (χ0n) is 11.7. The van der Waals surface area contributed by atoms with Crippen LogP contribution in [0.1, 0.15) is 29.8 Å². The Balaban J connectivity index is 1.83. The quantitative estimate of drug-likeness (QED) is 0.818. The van der Waals surface area contributed by atoms with Gasteiger partial charge >= 0.3 is 5.97 Å². The van der Waals surface area contributed by atoms with Crippen molar-refractivity contribution in [1.29, 1.82) is 0 Å². The Hall–Kier alpha value is -1.87. The Morgan fingerprint density at radius 2 is 2.14 bits per heavy atom. The molecule has 1 saturated carbocycles. The van der Waals surface area contributed by atoms with E-state index in [1.807, 2.05) is 0 Å². The topological polar surface area (TPSA) is 131 Å². The summed E-state index contributed by atoms with van der Waals surface area (Å²) >= 11 is 0. The van der Waals surface area contributed by atoms with E-state index in [0.717, 1.165) is 18.9 Å². The van der Waals surface area contributed by atoms with Crippen molar-refractivity contribution in [3.05, 3.63) is 17.9 Å². The van der Waals surface area contributed by atoms with E-state index in [1.54, 1.807) is 0 Å². The highest BCUT2D eigenvalue weighted by atomic mass is 32.2. The van der Waals surface area contributed by atoms with E-state index in [-0.39, 0.29) is 18.2 Å². The third-order valence-corrected chi connectivity index (χ3v) is 5.44. The van der Waals surface area contributed by atoms with Crippen LogP contribution in [0.4, 0.5) is 0 Å². The third-order valence-electron chi connectivity index (χ3n) is 4.66. The fourth-order valence-corrected chi connectivity index (χ4v) is 4.00. The van der Waals surface area contributed by atoms with Crippen LogP contribution < -0.4 is 5.14 Å². The molecular formula is C13H16N2O6S. The fraction of sp³-hybridized carbons (Fsp3) is 0.538. The molecule has 22 heavy (non-hydrogen) atoms. The van der Waals surface area contributed by atoms with E-state index >= 15 is 0 Å². The number of hydrogen-bond donors (Lipinski definition) is 2. The number of nitrogens with zero attached hydrogens (tertiary/aromatic N) is 1. The largest absolute Gasteiger partial charge is 0.481 e. The summed E-state index contributed by atoms with van der Waals surface area (Å²) in [5.74, 6) is -1.61. The normalized spacial score (nSPS) is 27.9. The van der Waals surface area contributed by atoms with E-state index in [1.165, 1.54) is 11.0 Å². The minimum Gasteiger partial charge on any atom is -0.481 e. The standard InChI is InChI=1S/C13H16N2O6S/c14-22(19,20)10-4-3-9(21-10)11(16)15-6-8-2-1-5-13(8,7-15)12(17)18/h3-4,8H,1-2,5-7H2,(H,17,18)(H2,14,19,20)/t8-,13+/m0/s1. The highest BCUT2D eigenvalue weighted by Crippen LogP contribution is 2.49. The third kappa shape index (κ3) is 2.20. The van der Waals surface area contributed by atoms with Gasteiger partial charge in [0, 0.05) is 13.1 Å². The number of furan rings is 1. The van der Waals surface area contributed by atoms with Crippen LogP contribution >= 0.6 is 0 Å². The van der Waals surface area contributed by atoms with Crippen molar-refractivity contribution in [1.82, 2.24) is 4.90 Å². The second kappa shape index (κ2) is 4.82. The first-order chi connectivity index (χ1) is 10.2. The van der Waals surface area contributed by atoms with Gasteiger partial charge in [0.2, 0.25) is 5.09 Å². The molecule has 1 amide bonds. The van der Waals surface area contributed by atoms with Gasteiger partial charge in [0.05, 0.1) is 5.41 Å². The van der Waals surface area contributed by atoms with Crippen LogP contribution in [0, 0.1) is 11.3 Å². The number of rotatable bonds is 3. The van der Waals surface area contributed by atoms with Crippen LogP contribution in [0.25, 0.3) is 0 Å². The van der Waals surface area contributed by atoms with Crippen molar-refractivity contribution >= 4 is 21.9 Å². The highest BCUT2D eigenvalue weighted by molar-refractivity contribution is 7.89. The number of primary sulfonamides is 1. The second-order valence-electron chi connectivity index (χ2n) is 5.90. The predicted octanol–water partition coefficient (Wildman–Crippen LogP) is 0.254. The molecule has 3 rings (SSSR count). The van der Waals surface area contributed by atoms with Crippen molar-refractivity contribution in [2.24, 2.45) is 16.5 Å². The van der Waals surface area contributed by atoms with Crippen LogP contribution in [0.2, 0.25) is 0 Å². The van der Waals surface area contributed by atoms with Gasteiger partial charge in [-0.15, -0.1) is 0 Å². The number of amides is 1. The van der Waals surface area contributed by atoms with Gasteiger partial charge in [-0.25, -0.2) is 13.6 Å². The zero-order valence-corrected chi connectivity index (χ0v) is 12.5. The Bertz CT molecular complexity index is 739. The van der Waals surface area contributed by atoms with Gasteiger partial charge in [-0.1, -0.05) is 6.42 Å². The lowest BCUT2D eigenvalue weighted by Crippen LogP contribution is -2.37. The van der Waals surface area contributed by atoms with Crippen molar-refractivity contribution in [3.63, 3.8) is 0 Å². The number of carbonyl (C=O) groups excluding carboxylic acids is 1. The van der Waals surface area contributed by atoms with E-state index in [0.29, 0.717) is 13.0 Å². The number of carboxylic acids is 1. The second-order valence-corrected chi connectivity index (χ2v) is 7.39. The molecule has 2 fully saturated rings. The van der Waals surface area contributed by atoms with E-state index in [2.05, 4.69) is 0 Å². The Morgan fingerprint density at radius 1 is 1.41 bits per heavy atom. The lowest BCUT2D eigenvalue weighted by molar-refractivity contribution is -0.149. The summed E-state index contributed by atoms with van der Waals surface area (Å²) in [7, 11) is -4.01. The number of fused-ring (bicyclic) bond motifs is 1. The number of likely N-dealkylation sites (tertiary alicyclic amines) is 1. The molecule has 2 aliphatic rings. The number of sulfonamides is 1. The minimum atomic E-state index is -4.01. The molecule has 3 N–H and O–H groups in total. The summed E-state index contributed by atoms with van der Waals surface area (Å²) < 4.78 is 27.3. The smallest absolute Gasteiger partial charge is 0.311 e. The summed E-state index contributed by atoms with van der Waals surface area (Å²) in [6.07, 6.45) is 2.17. The molecule has 9 heteroatoms. The fourth-order valence-electron chi connectivity index (χ4n) is 3.54. The summed E-state index contributed by atoms with van der Waals surface area (Å²) in [5.41, 5.74) is -0.884. The first-order valence-electron chi connectivity index (χ1n) is 6.89. The Kier molecular flexibility index (Phi) is 3.29. The predicted molar refractivity (Wildman–Crippen MR) is 73.4 cm³/mol. The molecule has 2 heterocycles. The van der Waals surface area contributed by atoms with Gasteiger partial charge in [0.25, 0.3) is 15.9 Å². The number of carbonyl (C=O) groups is 2. The molecule has 1 saturated heterocycles. The summed E-state index contributed by atoms with van der Waals surface area (Å²) in [6.45, 7) is 0.466. The number of nitrogens with two attached hydrogens (primary N) is 1. The summed E-state index contributed by atoms with van der Waals surface area (Å²) in [6, 6.07) is 2.36. The summed E-state index contributed by atoms with van der Waals surface area (Å²) in [4.78, 5) is 25.4. The summed E-state index contributed by atoms with van der Waals surface area (Å²) in [5, 5.41) is 13.9. The maximum atomic E-state index is 12.4. The maximum absolute atomic E-state index is 12.4. The zero-order chi connectivity index (χ0) is 16.1. The monoisotopic (exact) mass is 328 g/mol. The highest BCUT2D eigenvalue weighted by Gasteiger charge is 2.56. The van der Waals surface area contributed by atoms with Crippen molar-refractivity contribution in [3.8, 4) is 0 Å². The molecule has 1 aliphatic heterocycles. The Labute approximate surface area is 126 Å². The molecule has 1 aromatic heterocycles. The molecule has 0 unspecified atom stereocenters. The first-order valence-corrected chi connectivity index (χ1v) is 8.44. The number of carboxylic acid groups (broad SMARTS) is 1. The van der Waals surface area contributed by atoms with Gasteiger partial charge in [0.15, 0.2) is 5.76 Å². The minimum absolute atomic E-state index is 0.0679. The van der Waals surface area contributed by atoms with Gasteiger partial charge in [0.1, 0.15) is 0 Å². The van der Waals surface area contributed by atoms with Gasteiger partial charge < -0.3 is 14.4 Å². The van der Waals surface area contributed by atoms with Crippen molar-refractivity contribution in [2.45, 2.75) is 24.4 Å². The van der Waals surface area contributed by atoms with E-state index in [4.69, 9.17) is 9.56 Å². The van der Waals surface area contributed by atoms with Gasteiger partial charge in [-0.05, 0) is 30.9 Å². The van der Waals surface area contributed by atoms with E-state index < -0.39 is 32.4 Å². The molecule has 1 aromatic rings. The first kappa shape index (κ1) is 15.0. The maximum Gasteiger partial charge on any atom is 0.311 e. The van der Waals surface area contributed by atoms with Crippen LogP contribution in [0.15, 0.2) is 21.6 Å². The van der Waals surface area contributed by atoms with Crippen LogP contribution in [0.3, 0.4) is 0 Å². The molecule has 120 valence electrons. The van der Waals surface area contributed by atoms with Gasteiger partial charge in [-0.2, -0.15) is 0 Å². The molecule has 0 aromatic carbocycles. The van der Waals surface area contributed by atoms with Crippen LogP contribution in [0.5, 0.6) is 0 Å². The Morgan fingerprint density at radius 3 is 2.68 bits per heavy atom. The molecule has 2 atom stereocenters. The average molecular weight is 328 g/mol. The van der Waals surface area contributed by atoms with Crippen molar-refractivity contribution in [2.75, 3.05) is 13.1 Å². The molecule has 0 bridgehead atoms. The average Bonchev–Trinajstić information content (AvgIpc) is 3.10. The molecular weight excluding hydrogens is 312 g/mol. The van der Waals surface area contributed by atoms with Crippen LogP contribution in [-0.2, 0) is 14.8 Å². The number of hydrogen-bond acceptors (Lipinski definition) is 5. The van der Waals surface area contributed by atoms with Crippen LogP contribution in [-0.4, -0.2) is 43.4 Å². The number of aliphatic carboxylic acids is 1. The lowest BCUT2D eigenvalue weighted by Gasteiger charge is -2.22. The SMILES string of the molecule is NS(=O)(=O)c1ccc(C(=O)N2C[C@@H]3CCC[C@@]3(C(=O)O)C2)o1. The molecule has 8 nitrogen and oxygen atoms in total. The molecule has 0 spiro atoms. The lowest BCUT2D eigenvalue weighted by atomic mass is 9.81. The van der Waals surface area contributed by atoms with Gasteiger partial charge in [-0.3, -0.25) is 9.59 Å². The molecule has 1 aliphatic carbocycles. The van der Waals surface area contributed by atoms with E-state index in [9.17, 15) is 23.1 Å². The molecule has 0 radical (unpaired) electrons. The van der Waals surface area contributed by atoms with Crippen molar-refractivity contribution < 1.29 is 27.5 Å².